The van der Waals surface area contributed by atoms with Crippen LogP contribution in [0.15, 0.2) is 59.0 Å². The predicted octanol–water partition coefficient (Wildman–Crippen LogP) is 3.46. The van der Waals surface area contributed by atoms with Crippen molar-refractivity contribution in [2.45, 2.75) is 13.5 Å². The minimum Gasteiger partial charge on any atom is -0.492 e. The molecule has 6 heteroatoms. The third-order valence-corrected chi connectivity index (χ3v) is 4.72. The number of piperazine rings is 1. The molecule has 0 radical (unpaired) electrons. The summed E-state index contributed by atoms with van der Waals surface area (Å²) in [7, 11) is 0. The SMILES string of the molecule is CCOc1ccccc1N1CCN(Cc2nnc(-c3ccccc3)o2)CC1. The van der Waals surface area contributed by atoms with Gasteiger partial charge in [0.15, 0.2) is 0 Å². The van der Waals surface area contributed by atoms with E-state index in [1.54, 1.807) is 0 Å². The molecule has 0 aliphatic carbocycles. The highest BCUT2D eigenvalue weighted by Crippen LogP contribution is 2.29. The smallest absolute Gasteiger partial charge is 0.247 e. The van der Waals surface area contributed by atoms with Gasteiger partial charge in [0.25, 0.3) is 0 Å². The largest absolute Gasteiger partial charge is 0.492 e. The maximum atomic E-state index is 5.84. The van der Waals surface area contributed by atoms with Crippen LogP contribution in [0.4, 0.5) is 5.69 Å². The molecule has 1 aromatic heterocycles. The zero-order chi connectivity index (χ0) is 18.5. The van der Waals surface area contributed by atoms with Crippen molar-refractivity contribution in [3.63, 3.8) is 0 Å². The lowest BCUT2D eigenvalue weighted by Gasteiger charge is -2.36. The molecule has 0 amide bonds. The maximum absolute atomic E-state index is 5.84. The first-order valence-electron chi connectivity index (χ1n) is 9.40. The second kappa shape index (κ2) is 8.22. The van der Waals surface area contributed by atoms with Crippen molar-refractivity contribution in [1.82, 2.24) is 15.1 Å². The van der Waals surface area contributed by atoms with E-state index in [2.05, 4.69) is 32.1 Å². The normalized spacial score (nSPS) is 15.1. The van der Waals surface area contributed by atoms with E-state index in [-0.39, 0.29) is 0 Å². The van der Waals surface area contributed by atoms with Crippen molar-refractivity contribution < 1.29 is 9.15 Å². The Hall–Kier alpha value is -2.86. The van der Waals surface area contributed by atoms with Gasteiger partial charge in [-0.15, -0.1) is 10.2 Å². The van der Waals surface area contributed by atoms with Crippen LogP contribution in [0.1, 0.15) is 12.8 Å². The average molecular weight is 364 g/mol. The molecular weight excluding hydrogens is 340 g/mol. The third-order valence-electron chi connectivity index (χ3n) is 4.72. The Labute approximate surface area is 159 Å². The fraction of sp³-hybridized carbons (Fsp3) is 0.333. The second-order valence-electron chi connectivity index (χ2n) is 6.53. The maximum Gasteiger partial charge on any atom is 0.247 e. The summed E-state index contributed by atoms with van der Waals surface area (Å²) in [5.74, 6) is 2.20. The highest BCUT2D eigenvalue weighted by Gasteiger charge is 2.21. The lowest BCUT2D eigenvalue weighted by molar-refractivity contribution is 0.226. The van der Waals surface area contributed by atoms with E-state index in [1.807, 2.05) is 49.4 Å². The summed E-state index contributed by atoms with van der Waals surface area (Å²) in [4.78, 5) is 4.73. The lowest BCUT2D eigenvalue weighted by atomic mass is 10.2. The van der Waals surface area contributed by atoms with E-state index in [9.17, 15) is 0 Å². The Bertz CT molecular complexity index is 857. The minimum absolute atomic E-state index is 0.579. The van der Waals surface area contributed by atoms with E-state index >= 15 is 0 Å². The van der Waals surface area contributed by atoms with Gasteiger partial charge in [-0.05, 0) is 31.2 Å². The van der Waals surface area contributed by atoms with Crippen molar-refractivity contribution >= 4 is 5.69 Å². The summed E-state index contributed by atoms with van der Waals surface area (Å²) in [6.45, 7) is 7.17. The number of hydrogen-bond acceptors (Lipinski definition) is 6. The van der Waals surface area contributed by atoms with E-state index < -0.39 is 0 Å². The predicted molar refractivity (Wildman–Crippen MR) is 105 cm³/mol. The van der Waals surface area contributed by atoms with Crippen molar-refractivity contribution in [2.24, 2.45) is 0 Å². The zero-order valence-electron chi connectivity index (χ0n) is 15.5. The molecule has 2 heterocycles. The van der Waals surface area contributed by atoms with Gasteiger partial charge in [-0.25, -0.2) is 0 Å². The van der Waals surface area contributed by atoms with Crippen LogP contribution in [-0.2, 0) is 6.54 Å². The first kappa shape index (κ1) is 17.5. The molecule has 0 atom stereocenters. The van der Waals surface area contributed by atoms with Gasteiger partial charge in [-0.3, -0.25) is 4.90 Å². The Morgan fingerprint density at radius 2 is 1.67 bits per heavy atom. The van der Waals surface area contributed by atoms with E-state index in [1.165, 1.54) is 5.69 Å². The molecule has 3 aromatic rings. The Kier molecular flexibility index (Phi) is 5.34. The highest BCUT2D eigenvalue weighted by atomic mass is 16.5. The van der Waals surface area contributed by atoms with Crippen LogP contribution >= 0.6 is 0 Å². The summed E-state index contributed by atoms with van der Waals surface area (Å²) in [5, 5.41) is 8.39. The quantitative estimate of drug-likeness (QED) is 0.668. The number of aromatic nitrogens is 2. The molecule has 1 aliphatic rings. The van der Waals surface area contributed by atoms with E-state index in [0.717, 1.165) is 37.5 Å². The number of benzene rings is 2. The highest BCUT2D eigenvalue weighted by molar-refractivity contribution is 5.58. The third kappa shape index (κ3) is 4.11. The van der Waals surface area contributed by atoms with Gasteiger partial charge in [-0.1, -0.05) is 30.3 Å². The summed E-state index contributed by atoms with van der Waals surface area (Å²) in [5.41, 5.74) is 2.12. The van der Waals surface area contributed by atoms with Gasteiger partial charge in [0.2, 0.25) is 11.8 Å². The molecule has 1 fully saturated rings. The lowest BCUT2D eigenvalue weighted by Crippen LogP contribution is -2.46. The molecule has 0 saturated carbocycles. The van der Waals surface area contributed by atoms with Crippen molar-refractivity contribution in [3.8, 4) is 17.2 Å². The Morgan fingerprint density at radius 1 is 0.926 bits per heavy atom. The molecule has 2 aromatic carbocycles. The van der Waals surface area contributed by atoms with Gasteiger partial charge < -0.3 is 14.1 Å². The monoisotopic (exact) mass is 364 g/mol. The van der Waals surface area contributed by atoms with Crippen LogP contribution in [0.3, 0.4) is 0 Å². The number of hydrogen-bond donors (Lipinski definition) is 0. The van der Waals surface area contributed by atoms with Gasteiger partial charge >= 0.3 is 0 Å². The molecule has 0 bridgehead atoms. The summed E-state index contributed by atoms with van der Waals surface area (Å²) >= 11 is 0. The number of ether oxygens (including phenoxy) is 1. The summed E-state index contributed by atoms with van der Waals surface area (Å²) < 4.78 is 11.6. The van der Waals surface area contributed by atoms with Gasteiger partial charge in [0.05, 0.1) is 18.8 Å². The number of rotatable bonds is 6. The first-order valence-corrected chi connectivity index (χ1v) is 9.40. The first-order chi connectivity index (χ1) is 13.3. The van der Waals surface area contributed by atoms with E-state index in [0.29, 0.717) is 24.9 Å². The molecule has 27 heavy (non-hydrogen) atoms. The van der Waals surface area contributed by atoms with Crippen LogP contribution < -0.4 is 9.64 Å². The molecule has 1 aliphatic heterocycles. The van der Waals surface area contributed by atoms with Crippen LogP contribution in [0, 0.1) is 0 Å². The average Bonchev–Trinajstić information content (AvgIpc) is 3.19. The van der Waals surface area contributed by atoms with E-state index in [4.69, 9.17) is 9.15 Å². The van der Waals surface area contributed by atoms with Crippen molar-refractivity contribution in [3.05, 3.63) is 60.5 Å². The standard InChI is InChI=1S/C21H24N4O2/c1-2-26-19-11-7-6-10-18(19)25-14-12-24(13-15-25)16-20-22-23-21(27-20)17-8-4-3-5-9-17/h3-11H,2,12-16H2,1H3. The van der Waals surface area contributed by atoms with Crippen LogP contribution in [0.25, 0.3) is 11.5 Å². The minimum atomic E-state index is 0.579. The molecule has 0 spiro atoms. The summed E-state index contributed by atoms with van der Waals surface area (Å²) in [6, 6.07) is 18.1. The van der Waals surface area contributed by atoms with Gasteiger partial charge in [0.1, 0.15) is 5.75 Å². The number of anilines is 1. The molecule has 4 rings (SSSR count). The molecule has 140 valence electrons. The number of nitrogens with zero attached hydrogens (tertiary/aromatic N) is 4. The molecule has 0 N–H and O–H groups in total. The second-order valence-corrected chi connectivity index (χ2v) is 6.53. The molecule has 1 saturated heterocycles. The summed E-state index contributed by atoms with van der Waals surface area (Å²) in [6.07, 6.45) is 0. The van der Waals surface area contributed by atoms with Crippen molar-refractivity contribution in [1.29, 1.82) is 0 Å². The molecule has 0 unspecified atom stereocenters. The fourth-order valence-corrected chi connectivity index (χ4v) is 3.35. The Balaban J connectivity index is 1.36. The Morgan fingerprint density at radius 3 is 2.44 bits per heavy atom. The fourth-order valence-electron chi connectivity index (χ4n) is 3.35. The van der Waals surface area contributed by atoms with Gasteiger partial charge in [0, 0.05) is 31.7 Å². The van der Waals surface area contributed by atoms with Crippen molar-refractivity contribution in [2.75, 3.05) is 37.7 Å². The number of para-hydroxylation sites is 2. The van der Waals surface area contributed by atoms with Crippen LogP contribution in [-0.4, -0.2) is 47.9 Å². The van der Waals surface area contributed by atoms with Gasteiger partial charge in [-0.2, -0.15) is 0 Å². The molecular formula is C21H24N4O2. The topological polar surface area (TPSA) is 54.6 Å². The van der Waals surface area contributed by atoms with Crippen LogP contribution in [0.5, 0.6) is 5.75 Å². The zero-order valence-corrected chi connectivity index (χ0v) is 15.5. The van der Waals surface area contributed by atoms with Crippen LogP contribution in [0.2, 0.25) is 0 Å². The molecule has 6 nitrogen and oxygen atoms in total.